The van der Waals surface area contributed by atoms with Crippen LogP contribution in [0.1, 0.15) is 38.9 Å². The first-order valence-electron chi connectivity index (χ1n) is 7.55. The van der Waals surface area contributed by atoms with Gasteiger partial charge in [0.05, 0.1) is 6.54 Å². The average Bonchev–Trinajstić information content (AvgIpc) is 2.82. The van der Waals surface area contributed by atoms with Crippen molar-refractivity contribution in [2.75, 3.05) is 26.2 Å². The first-order chi connectivity index (χ1) is 9.25. The van der Waals surface area contributed by atoms with E-state index >= 15 is 0 Å². The number of aromatic nitrogens is 3. The fraction of sp³-hybridized carbons (Fsp3) is 0.857. The molecule has 0 amide bonds. The van der Waals surface area contributed by atoms with Crippen molar-refractivity contribution in [1.82, 2.24) is 25.0 Å². The van der Waals surface area contributed by atoms with Crippen LogP contribution in [-0.2, 0) is 13.1 Å². The molecular formula is C14H27N5. The van der Waals surface area contributed by atoms with E-state index in [0.717, 1.165) is 32.0 Å². The molecule has 1 fully saturated rings. The molecule has 1 aliphatic rings. The Morgan fingerprint density at radius 3 is 2.79 bits per heavy atom. The molecule has 0 aliphatic carbocycles. The van der Waals surface area contributed by atoms with Crippen LogP contribution < -0.4 is 5.32 Å². The summed E-state index contributed by atoms with van der Waals surface area (Å²) >= 11 is 0. The van der Waals surface area contributed by atoms with Crippen LogP contribution in [0.3, 0.4) is 0 Å². The SMILES string of the molecule is CC(C)Cn1ncnc1CNCCN1CCCCC1. The van der Waals surface area contributed by atoms with Gasteiger partial charge in [-0.2, -0.15) is 5.10 Å². The van der Waals surface area contributed by atoms with Crippen molar-refractivity contribution in [3.8, 4) is 0 Å². The van der Waals surface area contributed by atoms with Crippen LogP contribution in [0.5, 0.6) is 0 Å². The number of nitrogens with one attached hydrogen (secondary N) is 1. The van der Waals surface area contributed by atoms with E-state index in [1.165, 1.54) is 32.4 Å². The molecule has 108 valence electrons. The lowest BCUT2D eigenvalue weighted by Crippen LogP contribution is -2.36. The highest BCUT2D eigenvalue weighted by molar-refractivity contribution is 4.84. The molecule has 0 aromatic carbocycles. The van der Waals surface area contributed by atoms with Crippen LogP contribution in [0, 0.1) is 5.92 Å². The maximum absolute atomic E-state index is 4.33. The normalized spacial score (nSPS) is 17.2. The topological polar surface area (TPSA) is 46.0 Å². The van der Waals surface area contributed by atoms with Crippen molar-refractivity contribution in [3.05, 3.63) is 12.2 Å². The summed E-state index contributed by atoms with van der Waals surface area (Å²) in [5.41, 5.74) is 0. The summed E-state index contributed by atoms with van der Waals surface area (Å²) in [6.07, 6.45) is 5.79. The van der Waals surface area contributed by atoms with Gasteiger partial charge in [-0.25, -0.2) is 9.67 Å². The highest BCUT2D eigenvalue weighted by Gasteiger charge is 2.09. The van der Waals surface area contributed by atoms with Crippen molar-refractivity contribution in [2.45, 2.75) is 46.2 Å². The molecule has 5 heteroatoms. The van der Waals surface area contributed by atoms with Crippen LogP contribution in [0.4, 0.5) is 0 Å². The minimum Gasteiger partial charge on any atom is -0.309 e. The van der Waals surface area contributed by atoms with Gasteiger partial charge in [0.2, 0.25) is 0 Å². The van der Waals surface area contributed by atoms with E-state index in [-0.39, 0.29) is 0 Å². The van der Waals surface area contributed by atoms with Crippen molar-refractivity contribution < 1.29 is 0 Å². The van der Waals surface area contributed by atoms with Gasteiger partial charge in [-0.3, -0.25) is 0 Å². The zero-order valence-electron chi connectivity index (χ0n) is 12.3. The number of hydrogen-bond acceptors (Lipinski definition) is 4. The number of hydrogen-bond donors (Lipinski definition) is 1. The molecule has 1 aliphatic heterocycles. The molecule has 0 bridgehead atoms. The van der Waals surface area contributed by atoms with Crippen LogP contribution in [0.25, 0.3) is 0 Å². The van der Waals surface area contributed by atoms with E-state index in [1.54, 1.807) is 6.33 Å². The molecule has 2 heterocycles. The van der Waals surface area contributed by atoms with Gasteiger partial charge < -0.3 is 10.2 Å². The number of rotatable bonds is 7. The predicted octanol–water partition coefficient (Wildman–Crippen LogP) is 1.51. The summed E-state index contributed by atoms with van der Waals surface area (Å²) in [7, 11) is 0. The molecule has 1 N–H and O–H groups in total. The van der Waals surface area contributed by atoms with Crippen molar-refractivity contribution in [3.63, 3.8) is 0 Å². The third-order valence-corrected chi connectivity index (χ3v) is 3.57. The Labute approximate surface area is 116 Å². The third kappa shape index (κ3) is 4.91. The smallest absolute Gasteiger partial charge is 0.140 e. The quantitative estimate of drug-likeness (QED) is 0.759. The molecule has 1 aromatic rings. The average molecular weight is 265 g/mol. The molecular weight excluding hydrogens is 238 g/mol. The summed E-state index contributed by atoms with van der Waals surface area (Å²) in [5.74, 6) is 1.65. The first-order valence-corrected chi connectivity index (χ1v) is 7.55. The van der Waals surface area contributed by atoms with Gasteiger partial charge in [0.1, 0.15) is 12.2 Å². The number of likely N-dealkylation sites (tertiary alicyclic amines) is 1. The second kappa shape index (κ2) is 7.60. The van der Waals surface area contributed by atoms with Crippen LogP contribution in [-0.4, -0.2) is 45.8 Å². The van der Waals surface area contributed by atoms with E-state index in [1.807, 2.05) is 4.68 Å². The van der Waals surface area contributed by atoms with Gasteiger partial charge in [0.15, 0.2) is 0 Å². The third-order valence-electron chi connectivity index (χ3n) is 3.57. The zero-order valence-corrected chi connectivity index (χ0v) is 12.3. The Hall–Kier alpha value is -0.940. The molecule has 1 aromatic heterocycles. The van der Waals surface area contributed by atoms with Gasteiger partial charge in [0, 0.05) is 19.6 Å². The van der Waals surface area contributed by atoms with Crippen molar-refractivity contribution in [2.24, 2.45) is 5.92 Å². The lowest BCUT2D eigenvalue weighted by atomic mass is 10.1. The Bertz CT molecular complexity index is 354. The largest absolute Gasteiger partial charge is 0.309 e. The lowest BCUT2D eigenvalue weighted by Gasteiger charge is -2.26. The molecule has 0 atom stereocenters. The van der Waals surface area contributed by atoms with Crippen LogP contribution in [0.2, 0.25) is 0 Å². The lowest BCUT2D eigenvalue weighted by molar-refractivity contribution is 0.228. The van der Waals surface area contributed by atoms with E-state index in [2.05, 4.69) is 34.1 Å². The van der Waals surface area contributed by atoms with Gasteiger partial charge in [0.25, 0.3) is 0 Å². The van der Waals surface area contributed by atoms with E-state index in [9.17, 15) is 0 Å². The standard InChI is InChI=1S/C14H27N5/c1-13(2)11-19-14(16-12-17-19)10-15-6-9-18-7-4-3-5-8-18/h12-13,15H,3-11H2,1-2H3. The summed E-state index contributed by atoms with van der Waals surface area (Å²) in [6, 6.07) is 0. The van der Waals surface area contributed by atoms with E-state index in [0.29, 0.717) is 5.92 Å². The molecule has 0 saturated carbocycles. The summed E-state index contributed by atoms with van der Waals surface area (Å²) in [5, 5.41) is 7.76. The van der Waals surface area contributed by atoms with Crippen molar-refractivity contribution >= 4 is 0 Å². The number of nitrogens with zero attached hydrogens (tertiary/aromatic N) is 4. The summed E-state index contributed by atoms with van der Waals surface area (Å²) < 4.78 is 2.01. The van der Waals surface area contributed by atoms with Crippen LogP contribution in [0.15, 0.2) is 6.33 Å². The van der Waals surface area contributed by atoms with Gasteiger partial charge in [-0.05, 0) is 31.8 Å². The fourth-order valence-electron chi connectivity index (χ4n) is 2.54. The van der Waals surface area contributed by atoms with Crippen LogP contribution >= 0.6 is 0 Å². The second-order valence-electron chi connectivity index (χ2n) is 5.83. The fourth-order valence-corrected chi connectivity index (χ4v) is 2.54. The molecule has 1 saturated heterocycles. The highest BCUT2D eigenvalue weighted by Crippen LogP contribution is 2.07. The van der Waals surface area contributed by atoms with Gasteiger partial charge in [-0.1, -0.05) is 20.3 Å². The first kappa shape index (κ1) is 14.5. The monoisotopic (exact) mass is 265 g/mol. The van der Waals surface area contributed by atoms with Gasteiger partial charge >= 0.3 is 0 Å². The molecule has 2 rings (SSSR count). The van der Waals surface area contributed by atoms with Crippen molar-refractivity contribution in [1.29, 1.82) is 0 Å². The Kier molecular flexibility index (Phi) is 5.79. The molecule has 19 heavy (non-hydrogen) atoms. The Morgan fingerprint density at radius 1 is 1.26 bits per heavy atom. The maximum atomic E-state index is 4.33. The Balaban J connectivity index is 1.66. The maximum Gasteiger partial charge on any atom is 0.140 e. The zero-order chi connectivity index (χ0) is 13.5. The predicted molar refractivity (Wildman–Crippen MR) is 76.9 cm³/mol. The molecule has 5 nitrogen and oxygen atoms in total. The Morgan fingerprint density at radius 2 is 2.05 bits per heavy atom. The highest BCUT2D eigenvalue weighted by atomic mass is 15.3. The second-order valence-corrected chi connectivity index (χ2v) is 5.83. The minimum atomic E-state index is 0.605. The molecule has 0 spiro atoms. The summed E-state index contributed by atoms with van der Waals surface area (Å²) in [4.78, 5) is 6.88. The minimum absolute atomic E-state index is 0.605. The summed E-state index contributed by atoms with van der Waals surface area (Å²) in [6.45, 7) is 10.9. The van der Waals surface area contributed by atoms with Gasteiger partial charge in [-0.15, -0.1) is 0 Å². The molecule has 0 unspecified atom stereocenters. The molecule has 0 radical (unpaired) electrons. The van der Waals surface area contributed by atoms with E-state index in [4.69, 9.17) is 0 Å². The number of piperidine rings is 1. The van der Waals surface area contributed by atoms with E-state index < -0.39 is 0 Å².